The van der Waals surface area contributed by atoms with Crippen LogP contribution in [0.3, 0.4) is 0 Å². The number of aromatic nitrogens is 2. The van der Waals surface area contributed by atoms with Crippen molar-refractivity contribution in [1.82, 2.24) is 15.5 Å². The maximum absolute atomic E-state index is 12.4. The highest BCUT2D eigenvalue weighted by molar-refractivity contribution is 7.99. The van der Waals surface area contributed by atoms with E-state index in [2.05, 4.69) is 20.4 Å². The van der Waals surface area contributed by atoms with E-state index >= 15 is 0 Å². The molecular weight excluding hydrogens is 408 g/mol. The minimum atomic E-state index is 0.0221. The first-order valence-corrected chi connectivity index (χ1v) is 10.7. The van der Waals surface area contributed by atoms with Crippen molar-refractivity contribution in [3.8, 4) is 0 Å². The average molecular weight is 429 g/mol. The van der Waals surface area contributed by atoms with Crippen molar-refractivity contribution in [2.24, 2.45) is 5.92 Å². The van der Waals surface area contributed by atoms with Crippen LogP contribution in [0.2, 0.25) is 5.02 Å². The van der Waals surface area contributed by atoms with E-state index in [4.69, 9.17) is 16.0 Å². The predicted molar refractivity (Wildman–Crippen MR) is 113 cm³/mol. The molecule has 29 heavy (non-hydrogen) atoms. The minimum absolute atomic E-state index is 0.0221. The molecule has 1 fully saturated rings. The molecule has 0 aliphatic carbocycles. The van der Waals surface area contributed by atoms with E-state index in [0.29, 0.717) is 11.6 Å². The summed E-state index contributed by atoms with van der Waals surface area (Å²) in [4.78, 5) is 15.6. The van der Waals surface area contributed by atoms with Crippen molar-refractivity contribution < 1.29 is 9.21 Å². The SMILES string of the molecule is O=C(NCc1ccco1)C1CCN(c2ccc(Sc3ccc(Cl)cc3)nn2)CC1. The summed E-state index contributed by atoms with van der Waals surface area (Å²) < 4.78 is 5.25. The van der Waals surface area contributed by atoms with Crippen LogP contribution in [0.5, 0.6) is 0 Å². The second-order valence-electron chi connectivity index (χ2n) is 6.84. The van der Waals surface area contributed by atoms with Crippen LogP contribution in [0.4, 0.5) is 5.82 Å². The summed E-state index contributed by atoms with van der Waals surface area (Å²) in [5.74, 6) is 1.72. The standard InChI is InChI=1S/C21H21ClN4O2S/c22-16-3-5-18(6-4-16)29-20-8-7-19(24-25-20)26-11-9-15(10-12-26)21(27)23-14-17-2-1-13-28-17/h1-8,13,15H,9-12,14H2,(H,23,27). The van der Waals surface area contributed by atoms with Gasteiger partial charge in [0.05, 0.1) is 12.8 Å². The van der Waals surface area contributed by atoms with Crippen LogP contribution in [0, 0.1) is 5.92 Å². The number of carbonyl (C=O) groups excluding carboxylic acids is 1. The molecule has 150 valence electrons. The molecule has 6 nitrogen and oxygen atoms in total. The van der Waals surface area contributed by atoms with E-state index in [0.717, 1.165) is 47.4 Å². The molecule has 2 aromatic heterocycles. The summed E-state index contributed by atoms with van der Waals surface area (Å²) in [5.41, 5.74) is 0. The Balaban J connectivity index is 1.27. The van der Waals surface area contributed by atoms with Gasteiger partial charge in [-0.25, -0.2) is 0 Å². The summed E-state index contributed by atoms with van der Waals surface area (Å²) in [6, 6.07) is 15.3. The summed E-state index contributed by atoms with van der Waals surface area (Å²) >= 11 is 7.47. The lowest BCUT2D eigenvalue weighted by Gasteiger charge is -2.31. The van der Waals surface area contributed by atoms with Gasteiger partial charge in [0, 0.05) is 28.9 Å². The van der Waals surface area contributed by atoms with Crippen LogP contribution >= 0.6 is 23.4 Å². The van der Waals surface area contributed by atoms with Gasteiger partial charge in [0.2, 0.25) is 5.91 Å². The number of halogens is 1. The van der Waals surface area contributed by atoms with E-state index in [-0.39, 0.29) is 11.8 Å². The van der Waals surface area contributed by atoms with Crippen LogP contribution in [0.25, 0.3) is 0 Å². The Morgan fingerprint density at radius 3 is 2.59 bits per heavy atom. The van der Waals surface area contributed by atoms with E-state index in [1.807, 2.05) is 48.5 Å². The lowest BCUT2D eigenvalue weighted by molar-refractivity contribution is -0.125. The van der Waals surface area contributed by atoms with E-state index in [9.17, 15) is 4.79 Å². The van der Waals surface area contributed by atoms with E-state index in [1.165, 1.54) is 0 Å². The van der Waals surface area contributed by atoms with Gasteiger partial charge in [-0.3, -0.25) is 4.79 Å². The monoisotopic (exact) mass is 428 g/mol. The Hall–Kier alpha value is -2.51. The number of furan rings is 1. The highest BCUT2D eigenvalue weighted by Gasteiger charge is 2.25. The molecule has 3 aromatic rings. The summed E-state index contributed by atoms with van der Waals surface area (Å²) in [6.45, 7) is 2.01. The number of nitrogens with one attached hydrogen (secondary N) is 1. The van der Waals surface area contributed by atoms with Gasteiger partial charge < -0.3 is 14.6 Å². The first-order valence-electron chi connectivity index (χ1n) is 9.49. The van der Waals surface area contributed by atoms with Gasteiger partial charge in [-0.2, -0.15) is 0 Å². The van der Waals surface area contributed by atoms with Crippen molar-refractivity contribution in [2.45, 2.75) is 29.3 Å². The number of carbonyl (C=O) groups is 1. The maximum atomic E-state index is 12.4. The molecule has 8 heteroatoms. The summed E-state index contributed by atoms with van der Waals surface area (Å²) in [7, 11) is 0. The molecule has 1 amide bonds. The molecule has 4 rings (SSSR count). The second-order valence-corrected chi connectivity index (χ2v) is 8.37. The van der Waals surface area contributed by atoms with Crippen LogP contribution in [0.1, 0.15) is 18.6 Å². The lowest BCUT2D eigenvalue weighted by Crippen LogP contribution is -2.40. The predicted octanol–water partition coefficient (Wildman–Crippen LogP) is 4.41. The first-order chi connectivity index (χ1) is 14.2. The quantitative estimate of drug-likeness (QED) is 0.627. The Morgan fingerprint density at radius 2 is 1.93 bits per heavy atom. The molecule has 1 aliphatic rings. The fraction of sp³-hybridized carbons (Fsp3) is 0.286. The minimum Gasteiger partial charge on any atom is -0.467 e. The molecule has 0 radical (unpaired) electrons. The van der Waals surface area contributed by atoms with Gasteiger partial charge >= 0.3 is 0 Å². The Bertz CT molecular complexity index is 924. The van der Waals surface area contributed by atoms with E-state index in [1.54, 1.807) is 18.0 Å². The van der Waals surface area contributed by atoms with Gasteiger partial charge in [-0.05, 0) is 61.4 Å². The topological polar surface area (TPSA) is 71.3 Å². The molecule has 0 saturated carbocycles. The summed E-state index contributed by atoms with van der Waals surface area (Å²) in [6.07, 6.45) is 3.21. The van der Waals surface area contributed by atoms with Crippen LogP contribution < -0.4 is 10.2 Å². The van der Waals surface area contributed by atoms with Crippen LogP contribution in [-0.2, 0) is 11.3 Å². The fourth-order valence-electron chi connectivity index (χ4n) is 3.26. The highest BCUT2D eigenvalue weighted by atomic mass is 35.5. The van der Waals surface area contributed by atoms with Gasteiger partial charge in [0.25, 0.3) is 0 Å². The molecule has 0 bridgehead atoms. The molecule has 1 N–H and O–H groups in total. The van der Waals surface area contributed by atoms with Crippen LogP contribution in [0.15, 0.2) is 69.1 Å². The highest BCUT2D eigenvalue weighted by Crippen LogP contribution is 2.28. The third kappa shape index (κ3) is 5.31. The lowest BCUT2D eigenvalue weighted by atomic mass is 9.96. The number of hydrogen-bond donors (Lipinski definition) is 1. The van der Waals surface area contributed by atoms with Gasteiger partial charge in [0.1, 0.15) is 10.8 Å². The number of piperidine rings is 1. The Morgan fingerprint density at radius 1 is 1.14 bits per heavy atom. The molecule has 1 aromatic carbocycles. The zero-order valence-electron chi connectivity index (χ0n) is 15.8. The van der Waals surface area contributed by atoms with Gasteiger partial charge in [0.15, 0.2) is 5.82 Å². The number of nitrogens with zero attached hydrogens (tertiary/aromatic N) is 3. The smallest absolute Gasteiger partial charge is 0.223 e. The zero-order chi connectivity index (χ0) is 20.1. The first kappa shape index (κ1) is 19.8. The largest absolute Gasteiger partial charge is 0.467 e. The fourth-order valence-corrected chi connectivity index (χ4v) is 4.12. The van der Waals surface area contributed by atoms with Gasteiger partial charge in [-0.15, -0.1) is 10.2 Å². The second kappa shape index (κ2) is 9.33. The molecule has 1 saturated heterocycles. The number of rotatable bonds is 6. The molecule has 1 aliphatic heterocycles. The third-order valence-electron chi connectivity index (χ3n) is 4.87. The normalized spacial score (nSPS) is 14.7. The third-order valence-corrected chi connectivity index (χ3v) is 6.06. The average Bonchev–Trinajstić information content (AvgIpc) is 3.28. The maximum Gasteiger partial charge on any atom is 0.223 e. The van der Waals surface area contributed by atoms with Crippen molar-refractivity contribution in [2.75, 3.05) is 18.0 Å². The molecule has 0 spiro atoms. The number of anilines is 1. The summed E-state index contributed by atoms with van der Waals surface area (Å²) in [5, 5.41) is 13.2. The molecule has 3 heterocycles. The zero-order valence-corrected chi connectivity index (χ0v) is 17.3. The van der Waals surface area contributed by atoms with Crippen molar-refractivity contribution in [1.29, 1.82) is 0 Å². The molecule has 0 unspecified atom stereocenters. The van der Waals surface area contributed by atoms with Crippen molar-refractivity contribution >= 4 is 35.1 Å². The Labute approximate surface area is 178 Å². The molecular formula is C21H21ClN4O2S. The van der Waals surface area contributed by atoms with Gasteiger partial charge in [-0.1, -0.05) is 23.4 Å². The number of amides is 1. The number of benzene rings is 1. The Kier molecular flexibility index (Phi) is 6.36. The van der Waals surface area contributed by atoms with Crippen LogP contribution in [-0.4, -0.2) is 29.2 Å². The van der Waals surface area contributed by atoms with E-state index < -0.39 is 0 Å². The van der Waals surface area contributed by atoms with Crippen molar-refractivity contribution in [3.63, 3.8) is 0 Å². The number of hydrogen-bond acceptors (Lipinski definition) is 6. The van der Waals surface area contributed by atoms with Crippen molar-refractivity contribution in [3.05, 3.63) is 65.6 Å². The molecule has 0 atom stereocenters.